The van der Waals surface area contributed by atoms with Crippen LogP contribution in [0, 0.1) is 5.41 Å². The molecule has 0 fully saturated rings. The van der Waals surface area contributed by atoms with Gasteiger partial charge in [-0.05, 0) is 12.5 Å². The second-order valence-corrected chi connectivity index (χ2v) is 5.30. The Bertz CT molecular complexity index is 390. The van der Waals surface area contributed by atoms with Gasteiger partial charge in [0, 0.05) is 18.6 Å². The topological polar surface area (TPSA) is 58.6 Å². The van der Waals surface area contributed by atoms with Crippen molar-refractivity contribution in [1.29, 1.82) is 0 Å². The molecule has 0 aliphatic rings. The van der Waals surface area contributed by atoms with Crippen molar-refractivity contribution in [3.05, 3.63) is 35.9 Å². The number of carbonyl (C=O) groups is 1. The molecule has 1 atom stereocenters. The predicted molar refractivity (Wildman–Crippen MR) is 74.7 cm³/mol. The number of benzene rings is 1. The predicted octanol–water partition coefficient (Wildman–Crippen LogP) is 1.90. The molecule has 2 N–H and O–H groups in total. The van der Waals surface area contributed by atoms with Gasteiger partial charge in [-0.15, -0.1) is 0 Å². The van der Waals surface area contributed by atoms with Crippen LogP contribution in [0.3, 0.4) is 0 Å². The van der Waals surface area contributed by atoms with Crippen LogP contribution in [-0.2, 0) is 9.53 Å². The molecule has 1 aromatic rings. The van der Waals surface area contributed by atoms with Crippen molar-refractivity contribution in [2.24, 2.45) is 5.41 Å². The van der Waals surface area contributed by atoms with E-state index in [0.29, 0.717) is 13.2 Å². The summed E-state index contributed by atoms with van der Waals surface area (Å²) in [6, 6.07) is 8.97. The molecule has 0 aliphatic heterocycles. The first kappa shape index (κ1) is 15.7. The molecule has 0 bridgehead atoms. The van der Waals surface area contributed by atoms with E-state index < -0.39 is 6.04 Å². The van der Waals surface area contributed by atoms with Gasteiger partial charge >= 0.3 is 5.97 Å². The lowest BCUT2D eigenvalue weighted by Gasteiger charge is -2.25. The molecule has 1 rings (SSSR count). The van der Waals surface area contributed by atoms with E-state index in [0.717, 1.165) is 5.56 Å². The van der Waals surface area contributed by atoms with Gasteiger partial charge in [0.05, 0.1) is 6.61 Å². The van der Waals surface area contributed by atoms with Gasteiger partial charge in [0.15, 0.2) is 0 Å². The molecule has 1 aromatic carbocycles. The molecule has 0 saturated heterocycles. The minimum atomic E-state index is -0.494. The van der Waals surface area contributed by atoms with E-state index >= 15 is 0 Å². The highest BCUT2D eigenvalue weighted by Crippen LogP contribution is 2.18. The number of aliphatic hydroxyl groups is 1. The van der Waals surface area contributed by atoms with E-state index in [4.69, 9.17) is 4.74 Å². The Morgan fingerprint density at radius 3 is 2.53 bits per heavy atom. The maximum Gasteiger partial charge on any atom is 0.327 e. The molecule has 0 amide bonds. The fourth-order valence-corrected chi connectivity index (χ4v) is 1.64. The fraction of sp³-hybridized carbons (Fsp3) is 0.533. The van der Waals surface area contributed by atoms with Crippen molar-refractivity contribution in [2.45, 2.75) is 26.8 Å². The first-order valence-electron chi connectivity index (χ1n) is 6.56. The van der Waals surface area contributed by atoms with Gasteiger partial charge in [-0.3, -0.25) is 0 Å². The van der Waals surface area contributed by atoms with Gasteiger partial charge in [0.2, 0.25) is 0 Å². The maximum atomic E-state index is 12.0. The number of rotatable bonds is 7. The Hall–Kier alpha value is -1.39. The molecule has 1 unspecified atom stereocenters. The molecule has 4 nitrogen and oxygen atoms in total. The van der Waals surface area contributed by atoms with E-state index in [2.05, 4.69) is 5.32 Å². The van der Waals surface area contributed by atoms with E-state index in [1.807, 2.05) is 44.2 Å². The van der Waals surface area contributed by atoms with Crippen LogP contribution in [-0.4, -0.2) is 30.8 Å². The molecular formula is C15H23NO3. The number of hydrogen-bond donors (Lipinski definition) is 2. The van der Waals surface area contributed by atoms with Gasteiger partial charge in [-0.25, -0.2) is 4.79 Å². The van der Waals surface area contributed by atoms with E-state index in [-0.39, 0.29) is 18.0 Å². The lowest BCUT2D eigenvalue weighted by molar-refractivity contribution is -0.146. The highest BCUT2D eigenvalue weighted by Gasteiger charge is 2.25. The summed E-state index contributed by atoms with van der Waals surface area (Å²) in [4.78, 5) is 12.0. The highest BCUT2D eigenvalue weighted by molar-refractivity contribution is 5.77. The summed E-state index contributed by atoms with van der Waals surface area (Å²) in [5.41, 5.74) is 0.592. The Morgan fingerprint density at radius 2 is 2.00 bits per heavy atom. The van der Waals surface area contributed by atoms with Gasteiger partial charge in [0.25, 0.3) is 0 Å². The van der Waals surface area contributed by atoms with Crippen LogP contribution in [0.25, 0.3) is 0 Å². The number of nitrogens with one attached hydrogen (secondary N) is 1. The molecule has 0 aliphatic carbocycles. The summed E-state index contributed by atoms with van der Waals surface area (Å²) in [5, 5.41) is 12.4. The van der Waals surface area contributed by atoms with Crippen LogP contribution in [0.5, 0.6) is 0 Å². The zero-order valence-electron chi connectivity index (χ0n) is 11.8. The smallest absolute Gasteiger partial charge is 0.327 e. The quantitative estimate of drug-likeness (QED) is 0.739. The van der Waals surface area contributed by atoms with E-state index in [9.17, 15) is 9.90 Å². The summed E-state index contributed by atoms with van der Waals surface area (Å²) in [7, 11) is 0. The first-order valence-corrected chi connectivity index (χ1v) is 6.56. The van der Waals surface area contributed by atoms with Crippen LogP contribution >= 0.6 is 0 Å². The third-order valence-corrected chi connectivity index (χ3v) is 2.87. The van der Waals surface area contributed by atoms with Crippen molar-refractivity contribution in [3.63, 3.8) is 0 Å². The molecular weight excluding hydrogens is 242 g/mol. The molecule has 0 heterocycles. The minimum Gasteiger partial charge on any atom is -0.465 e. The number of aliphatic hydroxyl groups excluding tert-OH is 1. The second-order valence-electron chi connectivity index (χ2n) is 5.30. The molecule has 19 heavy (non-hydrogen) atoms. The largest absolute Gasteiger partial charge is 0.465 e. The Labute approximate surface area is 114 Å². The normalized spacial score (nSPS) is 13.1. The Kier molecular flexibility index (Phi) is 5.99. The molecule has 0 spiro atoms. The summed E-state index contributed by atoms with van der Waals surface area (Å²) in [6.07, 6.45) is 0. The Morgan fingerprint density at radius 1 is 1.37 bits per heavy atom. The molecule has 0 radical (unpaired) electrons. The maximum absolute atomic E-state index is 12.0. The van der Waals surface area contributed by atoms with Crippen LogP contribution in [0.1, 0.15) is 32.4 Å². The van der Waals surface area contributed by atoms with Crippen LogP contribution < -0.4 is 5.32 Å². The zero-order chi connectivity index (χ0) is 14.3. The van der Waals surface area contributed by atoms with Crippen molar-refractivity contribution in [1.82, 2.24) is 5.32 Å². The van der Waals surface area contributed by atoms with Crippen LogP contribution in [0.15, 0.2) is 30.3 Å². The monoisotopic (exact) mass is 265 g/mol. The summed E-state index contributed by atoms with van der Waals surface area (Å²) in [5.74, 6) is -0.289. The fourth-order valence-electron chi connectivity index (χ4n) is 1.64. The van der Waals surface area contributed by atoms with Crippen molar-refractivity contribution in [3.8, 4) is 0 Å². The van der Waals surface area contributed by atoms with Crippen molar-refractivity contribution < 1.29 is 14.6 Å². The average molecular weight is 265 g/mol. The second kappa shape index (κ2) is 7.26. The van der Waals surface area contributed by atoms with Crippen molar-refractivity contribution in [2.75, 3.05) is 19.8 Å². The van der Waals surface area contributed by atoms with Gasteiger partial charge in [-0.2, -0.15) is 0 Å². The molecule has 0 aromatic heterocycles. The lowest BCUT2D eigenvalue weighted by atomic mass is 9.94. The number of carbonyl (C=O) groups excluding carboxylic acids is 1. The van der Waals surface area contributed by atoms with Crippen molar-refractivity contribution >= 4 is 5.97 Å². The third-order valence-electron chi connectivity index (χ3n) is 2.87. The number of hydrogen-bond acceptors (Lipinski definition) is 4. The van der Waals surface area contributed by atoms with Gasteiger partial charge in [0.1, 0.15) is 6.04 Å². The SMILES string of the molecule is CCOC(=O)C(NCC(C)(C)CO)c1ccccc1. The highest BCUT2D eigenvalue weighted by atomic mass is 16.5. The summed E-state index contributed by atoms with van der Waals surface area (Å²) in [6.45, 7) is 6.61. The molecule has 4 heteroatoms. The van der Waals surface area contributed by atoms with Crippen LogP contribution in [0.2, 0.25) is 0 Å². The van der Waals surface area contributed by atoms with Crippen LogP contribution in [0.4, 0.5) is 0 Å². The van der Waals surface area contributed by atoms with E-state index in [1.54, 1.807) is 6.92 Å². The first-order chi connectivity index (χ1) is 9.00. The summed E-state index contributed by atoms with van der Waals surface area (Å²) < 4.78 is 5.09. The lowest BCUT2D eigenvalue weighted by Crippen LogP contribution is -2.38. The average Bonchev–Trinajstić information content (AvgIpc) is 2.40. The van der Waals surface area contributed by atoms with Gasteiger partial charge < -0.3 is 15.2 Å². The number of esters is 1. The third kappa shape index (κ3) is 5.01. The number of ether oxygens (including phenoxy) is 1. The Balaban J connectivity index is 2.79. The molecule has 106 valence electrons. The van der Waals surface area contributed by atoms with E-state index in [1.165, 1.54) is 0 Å². The molecule has 0 saturated carbocycles. The minimum absolute atomic E-state index is 0.0599. The summed E-state index contributed by atoms with van der Waals surface area (Å²) >= 11 is 0. The standard InChI is InChI=1S/C15H23NO3/c1-4-19-14(18)13(12-8-6-5-7-9-12)16-10-15(2,3)11-17/h5-9,13,16-17H,4,10-11H2,1-3H3. The van der Waals surface area contributed by atoms with Gasteiger partial charge in [-0.1, -0.05) is 44.2 Å². The zero-order valence-corrected chi connectivity index (χ0v) is 11.8.